The summed E-state index contributed by atoms with van der Waals surface area (Å²) >= 11 is 1.00. The lowest BCUT2D eigenvalue weighted by molar-refractivity contribution is -0.380. The maximum Gasteiger partial charge on any atom is 0.407 e. The fraction of sp³-hybridized carbons (Fsp3) is 0.200. The normalized spacial score (nSPS) is 10.6. The zero-order chi connectivity index (χ0) is 16.5. The van der Waals surface area contributed by atoms with Crippen molar-refractivity contribution in [3.8, 4) is 0 Å². The molecule has 23 heavy (non-hydrogen) atoms. The summed E-state index contributed by atoms with van der Waals surface area (Å²) in [6.45, 7) is 0.642. The molecule has 0 aliphatic carbocycles. The number of carbonyl (C=O) groups is 1. The van der Waals surface area contributed by atoms with Gasteiger partial charge in [-0.3, -0.25) is 10.1 Å². The maximum absolute atomic E-state index is 11.5. The number of ether oxygens (including phenoxy) is 1. The third kappa shape index (κ3) is 5.87. The highest BCUT2D eigenvalue weighted by molar-refractivity contribution is 7.15. The fourth-order valence-electron chi connectivity index (χ4n) is 1.66. The standard InChI is InChI=1S/C15H15N3O4S/c19-15(22-11-12-6-2-1-3-7-12)16-9-5-4-8-13-17-10-14(23-13)18(20)21/h1-4,6-8,10H,5,9,11H2,(H,16,19). The average molecular weight is 333 g/mol. The second-order valence-corrected chi connectivity index (χ2v) is 5.51. The number of hydrogen-bond acceptors (Lipinski definition) is 6. The predicted octanol–water partition coefficient (Wildman–Crippen LogP) is 3.38. The predicted molar refractivity (Wildman–Crippen MR) is 87.0 cm³/mol. The number of rotatable bonds is 7. The first kappa shape index (κ1) is 16.6. The van der Waals surface area contributed by atoms with Gasteiger partial charge in [0.05, 0.1) is 4.92 Å². The van der Waals surface area contributed by atoms with Crippen molar-refractivity contribution >= 4 is 28.5 Å². The van der Waals surface area contributed by atoms with E-state index in [-0.39, 0.29) is 11.6 Å². The molecule has 120 valence electrons. The van der Waals surface area contributed by atoms with Gasteiger partial charge in [-0.25, -0.2) is 9.78 Å². The van der Waals surface area contributed by atoms with Crippen molar-refractivity contribution in [3.05, 3.63) is 63.3 Å². The molecule has 0 fully saturated rings. The van der Waals surface area contributed by atoms with Crippen molar-refractivity contribution in [2.45, 2.75) is 13.0 Å². The van der Waals surface area contributed by atoms with E-state index in [2.05, 4.69) is 10.3 Å². The first-order chi connectivity index (χ1) is 11.1. The van der Waals surface area contributed by atoms with E-state index in [1.54, 1.807) is 12.2 Å². The Kier molecular flexibility index (Phi) is 6.25. The zero-order valence-corrected chi connectivity index (χ0v) is 13.0. The second kappa shape index (κ2) is 8.64. The molecule has 0 saturated carbocycles. The van der Waals surface area contributed by atoms with Gasteiger partial charge in [0.2, 0.25) is 0 Å². The lowest BCUT2D eigenvalue weighted by atomic mass is 10.2. The molecule has 0 spiro atoms. The van der Waals surface area contributed by atoms with Crippen LogP contribution >= 0.6 is 11.3 Å². The van der Waals surface area contributed by atoms with Crippen molar-refractivity contribution in [2.24, 2.45) is 0 Å². The lowest BCUT2D eigenvalue weighted by Gasteiger charge is -2.05. The number of aromatic nitrogens is 1. The molecule has 1 amide bonds. The van der Waals surface area contributed by atoms with Crippen LogP contribution in [0.25, 0.3) is 6.08 Å². The van der Waals surface area contributed by atoms with E-state index < -0.39 is 11.0 Å². The number of carbonyl (C=O) groups excluding carboxylic acids is 1. The average Bonchev–Trinajstić information content (AvgIpc) is 3.03. The van der Waals surface area contributed by atoms with Crippen LogP contribution in [0.3, 0.4) is 0 Å². The van der Waals surface area contributed by atoms with Gasteiger partial charge in [-0.1, -0.05) is 36.4 Å². The quantitative estimate of drug-likeness (QED) is 0.476. The third-order valence-corrected chi connectivity index (χ3v) is 3.66. The van der Waals surface area contributed by atoms with Crippen LogP contribution in [0.5, 0.6) is 0 Å². The molecule has 8 heteroatoms. The monoisotopic (exact) mass is 333 g/mol. The molecule has 0 aliphatic rings. The molecule has 0 unspecified atom stereocenters. The SMILES string of the molecule is O=C(NCCC=Cc1ncc([N+](=O)[O-])s1)OCc1ccccc1. The van der Waals surface area contributed by atoms with Crippen LogP contribution in [-0.4, -0.2) is 22.5 Å². The zero-order valence-electron chi connectivity index (χ0n) is 12.2. The lowest BCUT2D eigenvalue weighted by Crippen LogP contribution is -2.24. The molecular formula is C15H15N3O4S. The first-order valence-electron chi connectivity index (χ1n) is 6.86. The molecule has 2 rings (SSSR count). The molecule has 0 atom stereocenters. The van der Waals surface area contributed by atoms with E-state index in [9.17, 15) is 14.9 Å². The van der Waals surface area contributed by atoms with Crippen LogP contribution in [0, 0.1) is 10.1 Å². The fourth-order valence-corrected chi connectivity index (χ4v) is 2.32. The van der Waals surface area contributed by atoms with E-state index in [0.717, 1.165) is 16.9 Å². The third-order valence-electron chi connectivity index (χ3n) is 2.74. The summed E-state index contributed by atoms with van der Waals surface area (Å²) in [5, 5.41) is 13.7. The summed E-state index contributed by atoms with van der Waals surface area (Å²) in [6.07, 6.45) is 4.80. The number of nitrogens with one attached hydrogen (secondary N) is 1. The largest absolute Gasteiger partial charge is 0.445 e. The number of hydrogen-bond donors (Lipinski definition) is 1. The highest BCUT2D eigenvalue weighted by atomic mass is 32.1. The van der Waals surface area contributed by atoms with Gasteiger partial charge in [-0.15, -0.1) is 0 Å². The van der Waals surface area contributed by atoms with Gasteiger partial charge in [0.1, 0.15) is 17.8 Å². The van der Waals surface area contributed by atoms with Crippen molar-refractivity contribution in [3.63, 3.8) is 0 Å². The summed E-state index contributed by atoms with van der Waals surface area (Å²) in [5.74, 6) is 0. The van der Waals surface area contributed by atoms with Crippen molar-refractivity contribution in [1.82, 2.24) is 10.3 Å². The second-order valence-electron chi connectivity index (χ2n) is 4.47. The summed E-state index contributed by atoms with van der Waals surface area (Å²) in [7, 11) is 0. The summed E-state index contributed by atoms with van der Waals surface area (Å²) in [5.41, 5.74) is 0.924. The van der Waals surface area contributed by atoms with E-state index >= 15 is 0 Å². The van der Waals surface area contributed by atoms with Crippen molar-refractivity contribution in [2.75, 3.05) is 6.54 Å². The van der Waals surface area contributed by atoms with E-state index in [1.165, 1.54) is 6.20 Å². The maximum atomic E-state index is 11.5. The topological polar surface area (TPSA) is 94.4 Å². The van der Waals surface area contributed by atoms with E-state index in [4.69, 9.17) is 4.74 Å². The molecule has 0 radical (unpaired) electrons. The van der Waals surface area contributed by atoms with Crippen LogP contribution in [0.2, 0.25) is 0 Å². The minimum atomic E-state index is -0.480. The Morgan fingerprint density at radius 1 is 1.39 bits per heavy atom. The molecular weight excluding hydrogens is 318 g/mol. The van der Waals surface area contributed by atoms with Crippen LogP contribution in [0.1, 0.15) is 17.0 Å². The van der Waals surface area contributed by atoms with Gasteiger partial charge in [-0.2, -0.15) is 0 Å². The molecule has 0 aliphatic heterocycles. The van der Waals surface area contributed by atoms with Crippen molar-refractivity contribution in [1.29, 1.82) is 0 Å². The number of alkyl carbamates (subject to hydrolysis) is 1. The van der Waals surface area contributed by atoms with Gasteiger partial charge in [0.25, 0.3) is 0 Å². The summed E-state index contributed by atoms with van der Waals surface area (Å²) < 4.78 is 5.06. The van der Waals surface area contributed by atoms with Gasteiger partial charge in [0, 0.05) is 6.54 Å². The molecule has 2 aromatic rings. The molecule has 1 N–H and O–H groups in total. The first-order valence-corrected chi connectivity index (χ1v) is 7.68. The minimum absolute atomic E-state index is 0.00673. The Morgan fingerprint density at radius 3 is 2.87 bits per heavy atom. The number of amides is 1. The van der Waals surface area contributed by atoms with Gasteiger partial charge < -0.3 is 10.1 Å². The molecule has 7 nitrogen and oxygen atoms in total. The van der Waals surface area contributed by atoms with Gasteiger partial charge >= 0.3 is 11.1 Å². The Bertz CT molecular complexity index is 685. The number of nitro groups is 1. The van der Waals surface area contributed by atoms with Crippen LogP contribution in [0.4, 0.5) is 9.80 Å². The van der Waals surface area contributed by atoms with E-state index in [0.29, 0.717) is 18.0 Å². The van der Waals surface area contributed by atoms with Gasteiger partial charge in [0.15, 0.2) is 0 Å². The molecule has 1 aromatic heterocycles. The smallest absolute Gasteiger partial charge is 0.407 e. The summed E-state index contributed by atoms with van der Waals surface area (Å²) in [6, 6.07) is 9.41. The molecule has 1 aromatic carbocycles. The van der Waals surface area contributed by atoms with Gasteiger partial charge in [-0.05, 0) is 29.4 Å². The molecule has 0 saturated heterocycles. The highest BCUT2D eigenvalue weighted by Gasteiger charge is 2.09. The Labute approximate surface area is 136 Å². The van der Waals surface area contributed by atoms with Crippen molar-refractivity contribution < 1.29 is 14.5 Å². The highest BCUT2D eigenvalue weighted by Crippen LogP contribution is 2.21. The Hall–Kier alpha value is -2.74. The van der Waals surface area contributed by atoms with Crippen LogP contribution in [-0.2, 0) is 11.3 Å². The van der Waals surface area contributed by atoms with E-state index in [1.807, 2.05) is 30.3 Å². The number of thiazole rings is 1. The Morgan fingerprint density at radius 2 is 2.17 bits per heavy atom. The minimum Gasteiger partial charge on any atom is -0.445 e. The number of benzene rings is 1. The Balaban J connectivity index is 1.63. The van der Waals surface area contributed by atoms with Crippen LogP contribution in [0.15, 0.2) is 42.6 Å². The molecule has 1 heterocycles. The van der Waals surface area contributed by atoms with Crippen LogP contribution < -0.4 is 5.32 Å². The summed E-state index contributed by atoms with van der Waals surface area (Å²) in [4.78, 5) is 25.4. The molecule has 0 bridgehead atoms. The number of nitrogens with zero attached hydrogens (tertiary/aromatic N) is 2.